The van der Waals surface area contributed by atoms with E-state index in [1.807, 2.05) is 24.0 Å². The van der Waals surface area contributed by atoms with Crippen LogP contribution in [0.2, 0.25) is 0 Å². The number of hydrogen-bond acceptors (Lipinski definition) is 3. The van der Waals surface area contributed by atoms with Crippen LogP contribution < -0.4 is 4.72 Å². The topological polar surface area (TPSA) is 66.5 Å². The summed E-state index contributed by atoms with van der Waals surface area (Å²) in [6.07, 6.45) is 3.12. The number of likely N-dealkylation sites (tertiary alicyclic amines) is 1. The Hall–Kier alpha value is -2.34. The summed E-state index contributed by atoms with van der Waals surface area (Å²) in [5, 5.41) is 0. The van der Waals surface area contributed by atoms with Gasteiger partial charge in [0.15, 0.2) is 0 Å². The number of fused-ring (bicyclic) bond motifs is 2. The molecule has 1 amide bonds. The summed E-state index contributed by atoms with van der Waals surface area (Å²) in [7, 11) is -3.77. The van der Waals surface area contributed by atoms with Crippen molar-refractivity contribution in [2.75, 3.05) is 11.3 Å². The lowest BCUT2D eigenvalue weighted by Crippen LogP contribution is -2.37. The van der Waals surface area contributed by atoms with Gasteiger partial charge in [-0.25, -0.2) is 8.42 Å². The quantitative estimate of drug-likeness (QED) is 0.761. The van der Waals surface area contributed by atoms with Crippen LogP contribution in [0.25, 0.3) is 0 Å². The smallest absolute Gasteiger partial charge is 0.261 e. The highest BCUT2D eigenvalue weighted by Crippen LogP contribution is 2.52. The van der Waals surface area contributed by atoms with Gasteiger partial charge in [-0.1, -0.05) is 44.5 Å². The highest BCUT2D eigenvalue weighted by molar-refractivity contribution is 7.92. The highest BCUT2D eigenvalue weighted by atomic mass is 32.2. The Morgan fingerprint density at radius 3 is 2.47 bits per heavy atom. The fourth-order valence-electron chi connectivity index (χ4n) is 5.50. The largest absolute Gasteiger partial charge is 0.335 e. The predicted octanol–water partition coefficient (Wildman–Crippen LogP) is 4.84. The lowest BCUT2D eigenvalue weighted by molar-refractivity contribution is 0.0708. The molecule has 0 spiro atoms. The molecule has 2 atom stereocenters. The maximum Gasteiger partial charge on any atom is 0.261 e. The molecule has 1 saturated heterocycles. The van der Waals surface area contributed by atoms with Gasteiger partial charge >= 0.3 is 0 Å². The van der Waals surface area contributed by atoms with Crippen molar-refractivity contribution in [2.24, 2.45) is 10.8 Å². The number of hydrogen-bond donors (Lipinski definition) is 1. The van der Waals surface area contributed by atoms with Gasteiger partial charge in [-0.15, -0.1) is 0 Å². The second-order valence-corrected chi connectivity index (χ2v) is 11.8. The molecular weight excluding hydrogens is 396 g/mol. The van der Waals surface area contributed by atoms with Crippen molar-refractivity contribution in [3.05, 3.63) is 59.7 Å². The standard InChI is InChI=1S/C24H30N2O3S/c1-17-8-10-19(11-9-17)25-30(28,29)21-7-5-6-18(12-21)22(27)26-16-24(4)14-20(26)13-23(2,3)15-24/h5-12,20,25H,13-16H2,1-4H3/t20-,24+/m1/s1. The van der Waals surface area contributed by atoms with Crippen LogP contribution in [0, 0.1) is 17.8 Å². The molecule has 2 aliphatic rings. The molecule has 0 radical (unpaired) electrons. The molecule has 1 aliphatic heterocycles. The third-order valence-corrected chi connectivity index (χ3v) is 7.75. The number of anilines is 1. The van der Waals surface area contributed by atoms with Crippen LogP contribution in [-0.4, -0.2) is 31.8 Å². The molecule has 2 aromatic carbocycles. The summed E-state index contributed by atoms with van der Waals surface area (Å²) < 4.78 is 28.3. The number of benzene rings is 2. The van der Waals surface area contributed by atoms with E-state index in [1.165, 1.54) is 12.1 Å². The lowest BCUT2D eigenvalue weighted by Gasteiger charge is -2.39. The lowest BCUT2D eigenvalue weighted by atomic mass is 9.65. The van der Waals surface area contributed by atoms with Crippen LogP contribution in [0.4, 0.5) is 5.69 Å². The first-order valence-electron chi connectivity index (χ1n) is 10.5. The molecule has 160 valence electrons. The summed E-state index contributed by atoms with van der Waals surface area (Å²) in [6, 6.07) is 13.8. The van der Waals surface area contributed by atoms with Crippen LogP contribution in [0.3, 0.4) is 0 Å². The molecule has 0 aromatic heterocycles. The second kappa shape index (κ2) is 7.12. The monoisotopic (exact) mass is 426 g/mol. The first-order valence-corrected chi connectivity index (χ1v) is 12.0. The summed E-state index contributed by atoms with van der Waals surface area (Å²) in [4.78, 5) is 15.4. The van der Waals surface area contributed by atoms with E-state index in [0.717, 1.165) is 31.4 Å². The van der Waals surface area contributed by atoms with Crippen LogP contribution >= 0.6 is 0 Å². The third-order valence-electron chi connectivity index (χ3n) is 6.37. The van der Waals surface area contributed by atoms with Crippen LogP contribution in [0.1, 0.15) is 56.0 Å². The number of sulfonamides is 1. The van der Waals surface area contributed by atoms with Crippen LogP contribution in [0.15, 0.2) is 53.4 Å². The maximum atomic E-state index is 13.3. The van der Waals surface area contributed by atoms with Crippen LogP contribution in [0.5, 0.6) is 0 Å². The normalized spacial score (nSPS) is 25.2. The van der Waals surface area contributed by atoms with Crippen molar-refractivity contribution in [2.45, 2.75) is 57.9 Å². The van der Waals surface area contributed by atoms with Crippen molar-refractivity contribution in [3.63, 3.8) is 0 Å². The van der Waals surface area contributed by atoms with Crippen molar-refractivity contribution >= 4 is 21.6 Å². The Bertz CT molecular complexity index is 1080. The zero-order valence-electron chi connectivity index (χ0n) is 18.1. The molecule has 0 unspecified atom stereocenters. The number of aryl methyl sites for hydroxylation is 1. The molecule has 4 rings (SSSR count). The summed E-state index contributed by atoms with van der Waals surface area (Å²) in [5.74, 6) is -0.0752. The average molecular weight is 427 g/mol. The maximum absolute atomic E-state index is 13.3. The number of nitrogens with zero attached hydrogens (tertiary/aromatic N) is 1. The van der Waals surface area contributed by atoms with E-state index >= 15 is 0 Å². The molecule has 30 heavy (non-hydrogen) atoms. The number of amides is 1. The minimum atomic E-state index is -3.77. The number of carbonyl (C=O) groups excluding carboxylic acids is 1. The molecular formula is C24H30N2O3S. The summed E-state index contributed by atoms with van der Waals surface area (Å²) >= 11 is 0. The molecule has 2 aromatic rings. The molecule has 2 fully saturated rings. The first kappa shape index (κ1) is 20.9. The Balaban J connectivity index is 1.57. The molecule has 1 saturated carbocycles. The van der Waals surface area contributed by atoms with Gasteiger partial charge in [-0.05, 0) is 67.3 Å². The van der Waals surface area contributed by atoms with Gasteiger partial charge in [0, 0.05) is 23.8 Å². The van der Waals surface area contributed by atoms with Gasteiger partial charge in [0.1, 0.15) is 0 Å². The van der Waals surface area contributed by atoms with Gasteiger partial charge < -0.3 is 4.90 Å². The first-order chi connectivity index (χ1) is 14.0. The number of rotatable bonds is 4. The minimum absolute atomic E-state index is 0.0752. The van der Waals surface area contributed by atoms with E-state index in [2.05, 4.69) is 25.5 Å². The zero-order chi connectivity index (χ0) is 21.7. The Morgan fingerprint density at radius 2 is 1.77 bits per heavy atom. The zero-order valence-corrected chi connectivity index (χ0v) is 18.9. The number of carbonyl (C=O) groups is 1. The highest BCUT2D eigenvalue weighted by Gasteiger charge is 2.51. The molecule has 1 heterocycles. The van der Waals surface area contributed by atoms with E-state index in [-0.39, 0.29) is 27.7 Å². The van der Waals surface area contributed by atoms with E-state index in [4.69, 9.17) is 0 Å². The SMILES string of the molecule is Cc1ccc(NS(=O)(=O)c2cccc(C(=O)N3C[C@@]4(C)C[C@H]3CC(C)(C)C4)c2)cc1. The molecule has 1 aliphatic carbocycles. The minimum Gasteiger partial charge on any atom is -0.335 e. The summed E-state index contributed by atoms with van der Waals surface area (Å²) in [6.45, 7) is 9.49. The van der Waals surface area contributed by atoms with Crippen molar-refractivity contribution in [3.8, 4) is 0 Å². The van der Waals surface area contributed by atoms with Gasteiger partial charge in [0.05, 0.1) is 4.90 Å². The van der Waals surface area contributed by atoms with E-state index in [0.29, 0.717) is 11.3 Å². The fourth-order valence-corrected chi connectivity index (χ4v) is 6.60. The van der Waals surface area contributed by atoms with E-state index in [1.54, 1.807) is 24.3 Å². The van der Waals surface area contributed by atoms with Crippen LogP contribution in [-0.2, 0) is 10.0 Å². The Kier molecular flexibility index (Phi) is 4.96. The van der Waals surface area contributed by atoms with Crippen molar-refractivity contribution in [1.29, 1.82) is 0 Å². The van der Waals surface area contributed by atoms with E-state index < -0.39 is 10.0 Å². The van der Waals surface area contributed by atoms with Crippen molar-refractivity contribution in [1.82, 2.24) is 4.90 Å². The van der Waals surface area contributed by atoms with Gasteiger partial charge in [-0.2, -0.15) is 0 Å². The van der Waals surface area contributed by atoms with Gasteiger partial charge in [0.25, 0.3) is 15.9 Å². The second-order valence-electron chi connectivity index (χ2n) is 10.1. The predicted molar refractivity (Wildman–Crippen MR) is 119 cm³/mol. The van der Waals surface area contributed by atoms with Gasteiger partial charge in [-0.3, -0.25) is 9.52 Å². The average Bonchev–Trinajstić information content (AvgIpc) is 2.91. The third kappa shape index (κ3) is 4.10. The fraction of sp³-hybridized carbons (Fsp3) is 0.458. The van der Waals surface area contributed by atoms with E-state index in [9.17, 15) is 13.2 Å². The Labute approximate surface area is 179 Å². The molecule has 6 heteroatoms. The molecule has 1 N–H and O–H groups in total. The molecule has 5 nitrogen and oxygen atoms in total. The molecule has 2 bridgehead atoms. The summed E-state index contributed by atoms with van der Waals surface area (Å²) in [5.41, 5.74) is 2.34. The Morgan fingerprint density at radius 1 is 1.07 bits per heavy atom. The van der Waals surface area contributed by atoms with Gasteiger partial charge in [0.2, 0.25) is 0 Å². The number of nitrogens with one attached hydrogen (secondary N) is 1. The van der Waals surface area contributed by atoms with Crippen molar-refractivity contribution < 1.29 is 13.2 Å².